The van der Waals surface area contributed by atoms with Crippen LogP contribution in [0.15, 0.2) is 29.4 Å². The first-order chi connectivity index (χ1) is 13.0. The average molecular weight is 391 g/mol. The summed E-state index contributed by atoms with van der Waals surface area (Å²) in [6.45, 7) is 6.41. The lowest BCUT2D eigenvalue weighted by Crippen LogP contribution is -2.37. The van der Waals surface area contributed by atoms with Gasteiger partial charge in [0.15, 0.2) is 11.0 Å². The van der Waals surface area contributed by atoms with E-state index in [-0.39, 0.29) is 30.2 Å². The number of hydrogen-bond acceptors (Lipinski definition) is 6. The number of nitrogens with one attached hydrogen (secondary N) is 2. The minimum Gasteiger partial charge on any atom is -0.497 e. The standard InChI is InChI=1S/C18H25N5O3S/c1-5-19-15(24)10-20-16(25)11-27-18-22-21-17(23(18)12(2)3)13-6-8-14(26-4)9-7-13/h6-9,12H,5,10-11H2,1-4H3,(H,19,24)(H,20,25). The third-order valence-corrected chi connectivity index (χ3v) is 4.62. The summed E-state index contributed by atoms with van der Waals surface area (Å²) in [5.74, 6) is 1.23. The van der Waals surface area contributed by atoms with Crippen LogP contribution in [0.1, 0.15) is 26.8 Å². The number of carbonyl (C=O) groups excluding carboxylic acids is 2. The highest BCUT2D eigenvalue weighted by molar-refractivity contribution is 7.99. The number of aromatic nitrogens is 3. The fourth-order valence-corrected chi connectivity index (χ4v) is 3.29. The van der Waals surface area contributed by atoms with Crippen LogP contribution in [0, 0.1) is 0 Å². The number of rotatable bonds is 9. The Hall–Kier alpha value is -2.55. The van der Waals surface area contributed by atoms with Crippen LogP contribution in [0.4, 0.5) is 0 Å². The van der Waals surface area contributed by atoms with Gasteiger partial charge in [-0.25, -0.2) is 0 Å². The smallest absolute Gasteiger partial charge is 0.239 e. The van der Waals surface area contributed by atoms with Crippen molar-refractivity contribution in [3.05, 3.63) is 24.3 Å². The Bertz CT molecular complexity index is 774. The fourth-order valence-electron chi connectivity index (χ4n) is 2.40. The molecular weight excluding hydrogens is 366 g/mol. The molecule has 2 N–H and O–H groups in total. The molecule has 2 aromatic rings. The van der Waals surface area contributed by atoms with Crippen LogP contribution >= 0.6 is 11.8 Å². The Balaban J connectivity index is 2.06. The maximum Gasteiger partial charge on any atom is 0.239 e. The number of methoxy groups -OCH3 is 1. The summed E-state index contributed by atoms with van der Waals surface area (Å²) in [6, 6.07) is 7.72. The summed E-state index contributed by atoms with van der Waals surface area (Å²) >= 11 is 1.29. The van der Waals surface area contributed by atoms with Gasteiger partial charge in [0.2, 0.25) is 11.8 Å². The average Bonchev–Trinajstić information content (AvgIpc) is 3.09. The first-order valence-electron chi connectivity index (χ1n) is 8.71. The van der Waals surface area contributed by atoms with Crippen LogP contribution in [0.3, 0.4) is 0 Å². The molecule has 0 bridgehead atoms. The van der Waals surface area contributed by atoms with Gasteiger partial charge in [0.25, 0.3) is 0 Å². The number of carbonyl (C=O) groups is 2. The van der Waals surface area contributed by atoms with Crippen molar-refractivity contribution in [1.82, 2.24) is 25.4 Å². The van der Waals surface area contributed by atoms with E-state index in [9.17, 15) is 9.59 Å². The molecule has 2 rings (SSSR count). The third kappa shape index (κ3) is 5.72. The molecule has 1 aromatic carbocycles. The Labute approximate surface area is 163 Å². The van der Waals surface area contributed by atoms with Gasteiger partial charge >= 0.3 is 0 Å². The zero-order chi connectivity index (χ0) is 19.8. The molecule has 1 heterocycles. The highest BCUT2D eigenvalue weighted by Gasteiger charge is 2.18. The molecule has 0 fully saturated rings. The number of hydrogen-bond donors (Lipinski definition) is 2. The molecule has 27 heavy (non-hydrogen) atoms. The van der Waals surface area contributed by atoms with Crippen molar-refractivity contribution in [3.63, 3.8) is 0 Å². The van der Waals surface area contributed by atoms with Crippen LogP contribution in [-0.4, -0.2) is 52.5 Å². The van der Waals surface area contributed by atoms with Gasteiger partial charge in [-0.15, -0.1) is 10.2 Å². The quantitative estimate of drug-likeness (QED) is 0.634. The molecule has 0 aliphatic heterocycles. The van der Waals surface area contributed by atoms with Crippen LogP contribution in [0.2, 0.25) is 0 Å². The monoisotopic (exact) mass is 391 g/mol. The molecule has 0 unspecified atom stereocenters. The summed E-state index contributed by atoms with van der Waals surface area (Å²) < 4.78 is 7.18. The van der Waals surface area contributed by atoms with Crippen molar-refractivity contribution in [2.75, 3.05) is 26.0 Å². The molecular formula is C18H25N5O3S. The molecule has 0 saturated carbocycles. The van der Waals surface area contributed by atoms with Crippen molar-refractivity contribution < 1.29 is 14.3 Å². The number of amides is 2. The molecule has 0 radical (unpaired) electrons. The topological polar surface area (TPSA) is 98.1 Å². The first kappa shape index (κ1) is 20.8. The third-order valence-electron chi connectivity index (χ3n) is 3.68. The second kappa shape index (κ2) is 9.96. The summed E-state index contributed by atoms with van der Waals surface area (Å²) in [7, 11) is 1.62. The molecule has 146 valence electrons. The van der Waals surface area contributed by atoms with Crippen LogP contribution in [0.25, 0.3) is 11.4 Å². The van der Waals surface area contributed by atoms with Gasteiger partial charge in [0.1, 0.15) is 5.75 Å². The molecule has 0 spiro atoms. The highest BCUT2D eigenvalue weighted by Crippen LogP contribution is 2.28. The maximum atomic E-state index is 12.0. The Kier molecular flexibility index (Phi) is 7.66. The van der Waals surface area contributed by atoms with Crippen molar-refractivity contribution in [1.29, 1.82) is 0 Å². The Morgan fingerprint density at radius 1 is 1.15 bits per heavy atom. The number of ether oxygens (including phenoxy) is 1. The summed E-state index contributed by atoms with van der Waals surface area (Å²) in [5, 5.41) is 14.4. The van der Waals surface area contributed by atoms with Crippen LogP contribution < -0.4 is 15.4 Å². The lowest BCUT2D eigenvalue weighted by atomic mass is 10.2. The molecule has 0 aliphatic carbocycles. The van der Waals surface area contributed by atoms with Gasteiger partial charge in [-0.2, -0.15) is 0 Å². The fraction of sp³-hybridized carbons (Fsp3) is 0.444. The van der Waals surface area contributed by atoms with Gasteiger partial charge in [-0.3, -0.25) is 14.2 Å². The SMILES string of the molecule is CCNC(=O)CNC(=O)CSc1nnc(-c2ccc(OC)cc2)n1C(C)C. The lowest BCUT2D eigenvalue weighted by molar-refractivity contribution is -0.124. The lowest BCUT2D eigenvalue weighted by Gasteiger charge is -2.14. The largest absolute Gasteiger partial charge is 0.497 e. The zero-order valence-electron chi connectivity index (χ0n) is 16.0. The molecule has 0 saturated heterocycles. The normalized spacial score (nSPS) is 10.7. The van der Waals surface area contributed by atoms with Crippen molar-refractivity contribution in [2.24, 2.45) is 0 Å². The van der Waals surface area contributed by atoms with E-state index < -0.39 is 0 Å². The predicted molar refractivity (Wildman–Crippen MR) is 105 cm³/mol. The Morgan fingerprint density at radius 2 is 1.85 bits per heavy atom. The van der Waals surface area contributed by atoms with E-state index in [0.717, 1.165) is 17.1 Å². The molecule has 2 amide bonds. The summed E-state index contributed by atoms with van der Waals surface area (Å²) in [5.41, 5.74) is 0.921. The van der Waals surface area contributed by atoms with Crippen molar-refractivity contribution in [2.45, 2.75) is 32.0 Å². The molecule has 0 atom stereocenters. The molecule has 0 aliphatic rings. The van der Waals surface area contributed by atoms with Gasteiger partial charge < -0.3 is 15.4 Å². The molecule has 8 nitrogen and oxygen atoms in total. The van der Waals surface area contributed by atoms with E-state index in [1.807, 2.05) is 49.6 Å². The van der Waals surface area contributed by atoms with Crippen molar-refractivity contribution in [3.8, 4) is 17.1 Å². The first-order valence-corrected chi connectivity index (χ1v) is 9.70. The van der Waals surface area contributed by atoms with E-state index in [4.69, 9.17) is 4.74 Å². The molecule has 1 aromatic heterocycles. The maximum absolute atomic E-state index is 12.0. The predicted octanol–water partition coefficient (Wildman–Crippen LogP) is 1.88. The van der Waals surface area contributed by atoms with E-state index in [1.54, 1.807) is 7.11 Å². The van der Waals surface area contributed by atoms with Gasteiger partial charge in [0, 0.05) is 18.2 Å². The number of benzene rings is 1. The van der Waals surface area contributed by atoms with Gasteiger partial charge in [-0.05, 0) is 45.0 Å². The van der Waals surface area contributed by atoms with Gasteiger partial charge in [0.05, 0.1) is 19.4 Å². The van der Waals surface area contributed by atoms with E-state index in [1.165, 1.54) is 11.8 Å². The summed E-state index contributed by atoms with van der Waals surface area (Å²) in [4.78, 5) is 23.4. The minimum absolute atomic E-state index is 0.0266. The highest BCUT2D eigenvalue weighted by atomic mass is 32.2. The van der Waals surface area contributed by atoms with E-state index in [0.29, 0.717) is 11.7 Å². The Morgan fingerprint density at radius 3 is 2.44 bits per heavy atom. The van der Waals surface area contributed by atoms with Crippen LogP contribution in [0.5, 0.6) is 5.75 Å². The molecule has 9 heteroatoms. The number of thioether (sulfide) groups is 1. The number of nitrogens with zero attached hydrogens (tertiary/aromatic N) is 3. The zero-order valence-corrected chi connectivity index (χ0v) is 16.8. The minimum atomic E-state index is -0.226. The van der Waals surface area contributed by atoms with E-state index >= 15 is 0 Å². The second-order valence-corrected chi connectivity index (χ2v) is 6.96. The van der Waals surface area contributed by atoms with Crippen LogP contribution in [-0.2, 0) is 9.59 Å². The van der Waals surface area contributed by atoms with E-state index in [2.05, 4.69) is 20.8 Å². The summed E-state index contributed by atoms with van der Waals surface area (Å²) in [6.07, 6.45) is 0. The van der Waals surface area contributed by atoms with Gasteiger partial charge in [-0.1, -0.05) is 11.8 Å². The van der Waals surface area contributed by atoms with Crippen molar-refractivity contribution >= 4 is 23.6 Å². The number of likely N-dealkylation sites (N-methyl/N-ethyl adjacent to an activating group) is 1. The second-order valence-electron chi connectivity index (χ2n) is 6.02.